The maximum atomic E-state index is 12.2. The predicted octanol–water partition coefficient (Wildman–Crippen LogP) is 3.90. The van der Waals surface area contributed by atoms with Crippen molar-refractivity contribution in [3.05, 3.63) is 0 Å². The molecule has 122 valence electrons. The molecule has 0 spiro atoms. The van der Waals surface area contributed by atoms with E-state index in [4.69, 9.17) is 10.5 Å². The Morgan fingerprint density at radius 2 is 1.95 bits per heavy atom. The van der Waals surface area contributed by atoms with Gasteiger partial charge in [0.15, 0.2) is 0 Å². The van der Waals surface area contributed by atoms with Gasteiger partial charge >= 0.3 is 5.97 Å². The molecule has 2 rings (SSSR count). The van der Waals surface area contributed by atoms with E-state index in [1.165, 1.54) is 12.8 Å². The molecule has 2 saturated carbocycles. The van der Waals surface area contributed by atoms with Crippen LogP contribution in [0.1, 0.15) is 73.6 Å². The van der Waals surface area contributed by atoms with Gasteiger partial charge in [0, 0.05) is 11.5 Å². The number of hydrogen-bond donors (Lipinski definition) is 1. The lowest BCUT2D eigenvalue weighted by Crippen LogP contribution is -2.39. The maximum absolute atomic E-state index is 12.2. The summed E-state index contributed by atoms with van der Waals surface area (Å²) in [6, 6.07) is -0.100. The van der Waals surface area contributed by atoms with Gasteiger partial charge in [0.25, 0.3) is 0 Å². The average molecular weight is 295 g/mol. The Kier molecular flexibility index (Phi) is 4.20. The van der Waals surface area contributed by atoms with E-state index in [9.17, 15) is 4.79 Å². The highest BCUT2D eigenvalue weighted by Crippen LogP contribution is 2.66. The predicted molar refractivity (Wildman–Crippen MR) is 85.8 cm³/mol. The van der Waals surface area contributed by atoms with Gasteiger partial charge in [-0.1, -0.05) is 41.5 Å². The van der Waals surface area contributed by atoms with Crippen LogP contribution in [0.4, 0.5) is 0 Å². The number of carbonyl (C=O) groups is 1. The van der Waals surface area contributed by atoms with Crippen LogP contribution in [0, 0.1) is 22.2 Å². The number of fused-ring (bicyclic) bond motifs is 2. The zero-order valence-corrected chi connectivity index (χ0v) is 14.7. The van der Waals surface area contributed by atoms with Crippen molar-refractivity contribution in [2.24, 2.45) is 27.9 Å². The first-order chi connectivity index (χ1) is 9.46. The highest BCUT2D eigenvalue weighted by molar-refractivity contribution is 5.70. The lowest BCUT2D eigenvalue weighted by Gasteiger charge is -2.38. The molecule has 0 aromatic heterocycles. The third kappa shape index (κ3) is 3.13. The lowest BCUT2D eigenvalue weighted by atomic mass is 9.70. The molecule has 3 heteroatoms. The Balaban J connectivity index is 1.90. The first-order valence-corrected chi connectivity index (χ1v) is 8.41. The van der Waals surface area contributed by atoms with E-state index >= 15 is 0 Å². The van der Waals surface area contributed by atoms with Crippen LogP contribution in [0.15, 0.2) is 0 Å². The number of carbonyl (C=O) groups excluding carboxylic acids is 1. The zero-order chi connectivity index (χ0) is 16.1. The second kappa shape index (κ2) is 5.26. The van der Waals surface area contributed by atoms with Gasteiger partial charge in [0.05, 0.1) is 6.42 Å². The van der Waals surface area contributed by atoms with Gasteiger partial charge in [0.2, 0.25) is 0 Å². The number of rotatable bonds is 4. The molecular formula is C18H33NO2. The standard InChI is InChI=1S/C18H33NO2/c1-16(2,3)11-13(19)10-15(20)21-14-9-12-7-8-18(14,6)17(12,4)5/h12-14H,7-11,19H2,1-6H3. The number of hydrogen-bond acceptors (Lipinski definition) is 3. The SMILES string of the molecule is CC(C)(C)CC(N)CC(=O)OC1CC2CCC1(C)C2(C)C. The summed E-state index contributed by atoms with van der Waals surface area (Å²) in [6.07, 6.45) is 4.76. The molecule has 4 atom stereocenters. The van der Waals surface area contributed by atoms with E-state index in [2.05, 4.69) is 41.5 Å². The molecular weight excluding hydrogens is 262 g/mol. The monoisotopic (exact) mass is 295 g/mol. The first kappa shape index (κ1) is 16.8. The van der Waals surface area contributed by atoms with Gasteiger partial charge < -0.3 is 10.5 Å². The van der Waals surface area contributed by atoms with Crippen LogP contribution in [-0.2, 0) is 9.53 Å². The van der Waals surface area contributed by atoms with Crippen LogP contribution < -0.4 is 5.73 Å². The van der Waals surface area contributed by atoms with Gasteiger partial charge in [-0.15, -0.1) is 0 Å². The molecule has 0 aliphatic heterocycles. The third-order valence-electron chi connectivity index (χ3n) is 6.29. The molecule has 0 saturated heterocycles. The van der Waals surface area contributed by atoms with Crippen LogP contribution >= 0.6 is 0 Å². The Morgan fingerprint density at radius 3 is 2.38 bits per heavy atom. The molecule has 4 unspecified atom stereocenters. The summed E-state index contributed by atoms with van der Waals surface area (Å²) < 4.78 is 5.85. The van der Waals surface area contributed by atoms with Gasteiger partial charge in [-0.3, -0.25) is 4.79 Å². The molecule has 0 amide bonds. The Labute approximate surface area is 130 Å². The van der Waals surface area contributed by atoms with E-state index in [-0.39, 0.29) is 34.4 Å². The number of nitrogens with two attached hydrogens (primary N) is 1. The summed E-state index contributed by atoms with van der Waals surface area (Å²) in [5.74, 6) is 0.588. The van der Waals surface area contributed by atoms with Crippen LogP contribution in [0.3, 0.4) is 0 Å². The van der Waals surface area contributed by atoms with Crippen LogP contribution in [0.2, 0.25) is 0 Å². The molecule has 2 bridgehead atoms. The minimum atomic E-state index is -0.110. The quantitative estimate of drug-likeness (QED) is 0.800. The van der Waals surface area contributed by atoms with E-state index in [0.29, 0.717) is 12.3 Å². The van der Waals surface area contributed by atoms with E-state index in [1.54, 1.807) is 0 Å². The van der Waals surface area contributed by atoms with E-state index < -0.39 is 0 Å². The molecule has 2 aliphatic rings. The summed E-state index contributed by atoms with van der Waals surface area (Å²) in [5.41, 5.74) is 6.67. The number of ether oxygens (including phenoxy) is 1. The summed E-state index contributed by atoms with van der Waals surface area (Å²) in [6.45, 7) is 13.4. The highest BCUT2D eigenvalue weighted by atomic mass is 16.5. The van der Waals surface area contributed by atoms with Gasteiger partial charge in [-0.2, -0.15) is 0 Å². The zero-order valence-electron chi connectivity index (χ0n) is 14.7. The second-order valence-corrected chi connectivity index (χ2v) is 9.32. The van der Waals surface area contributed by atoms with Crippen LogP contribution in [-0.4, -0.2) is 18.1 Å². The third-order valence-corrected chi connectivity index (χ3v) is 6.29. The maximum Gasteiger partial charge on any atom is 0.307 e. The van der Waals surface area contributed by atoms with Crippen molar-refractivity contribution in [1.82, 2.24) is 0 Å². The van der Waals surface area contributed by atoms with Gasteiger partial charge in [-0.05, 0) is 42.4 Å². The minimum Gasteiger partial charge on any atom is -0.462 e. The number of esters is 1. The molecule has 0 aromatic carbocycles. The fourth-order valence-corrected chi connectivity index (χ4v) is 4.59. The average Bonchev–Trinajstić information content (AvgIpc) is 2.58. The summed E-state index contributed by atoms with van der Waals surface area (Å²) in [7, 11) is 0. The Morgan fingerprint density at radius 1 is 1.33 bits per heavy atom. The van der Waals surface area contributed by atoms with Crippen LogP contribution in [0.5, 0.6) is 0 Å². The molecule has 0 aromatic rings. The summed E-state index contributed by atoms with van der Waals surface area (Å²) in [5, 5.41) is 0. The van der Waals surface area contributed by atoms with E-state index in [1.807, 2.05) is 0 Å². The lowest BCUT2D eigenvalue weighted by molar-refractivity contribution is -0.157. The van der Waals surface area contributed by atoms with Crippen molar-refractivity contribution in [2.45, 2.75) is 85.8 Å². The topological polar surface area (TPSA) is 52.3 Å². The normalized spacial score (nSPS) is 35.8. The molecule has 2 N–H and O–H groups in total. The summed E-state index contributed by atoms with van der Waals surface area (Å²) in [4.78, 5) is 12.2. The van der Waals surface area contributed by atoms with Crippen molar-refractivity contribution in [3.63, 3.8) is 0 Å². The molecule has 0 heterocycles. The Hall–Kier alpha value is -0.570. The first-order valence-electron chi connectivity index (χ1n) is 8.41. The molecule has 0 radical (unpaired) electrons. The van der Waals surface area contributed by atoms with Gasteiger partial charge in [-0.25, -0.2) is 0 Å². The smallest absolute Gasteiger partial charge is 0.307 e. The molecule has 2 aliphatic carbocycles. The van der Waals surface area contributed by atoms with Crippen molar-refractivity contribution in [1.29, 1.82) is 0 Å². The van der Waals surface area contributed by atoms with Crippen molar-refractivity contribution in [2.75, 3.05) is 0 Å². The largest absolute Gasteiger partial charge is 0.462 e. The Bertz CT molecular complexity index is 410. The molecule has 3 nitrogen and oxygen atoms in total. The second-order valence-electron chi connectivity index (χ2n) is 9.32. The van der Waals surface area contributed by atoms with Crippen LogP contribution in [0.25, 0.3) is 0 Å². The fraction of sp³-hybridized carbons (Fsp3) is 0.944. The summed E-state index contributed by atoms with van der Waals surface area (Å²) >= 11 is 0. The molecule has 2 fully saturated rings. The van der Waals surface area contributed by atoms with Crippen molar-refractivity contribution < 1.29 is 9.53 Å². The van der Waals surface area contributed by atoms with Crippen molar-refractivity contribution in [3.8, 4) is 0 Å². The van der Waals surface area contributed by atoms with E-state index in [0.717, 1.165) is 12.8 Å². The highest BCUT2D eigenvalue weighted by Gasteiger charge is 2.62. The molecule has 21 heavy (non-hydrogen) atoms. The minimum absolute atomic E-state index is 0.0839. The fourth-order valence-electron chi connectivity index (χ4n) is 4.59. The van der Waals surface area contributed by atoms with Gasteiger partial charge in [0.1, 0.15) is 6.10 Å². The van der Waals surface area contributed by atoms with Crippen molar-refractivity contribution >= 4 is 5.97 Å².